The Labute approximate surface area is 165 Å². The molecule has 0 spiro atoms. The lowest BCUT2D eigenvalue weighted by Gasteiger charge is -2.64. The van der Waals surface area contributed by atoms with Gasteiger partial charge in [0, 0.05) is 22.6 Å². The summed E-state index contributed by atoms with van der Waals surface area (Å²) in [5, 5.41) is 0. The Morgan fingerprint density at radius 1 is 0.400 bits per heavy atom. The Hall–Kier alpha value is -0.790. The predicted molar refractivity (Wildman–Crippen MR) is 65.2 cm³/mol. The summed E-state index contributed by atoms with van der Waals surface area (Å²) in [6.45, 7) is 0. The highest BCUT2D eigenvalue weighted by Crippen LogP contribution is 2.81. The van der Waals surface area contributed by atoms with Crippen molar-refractivity contribution in [3.8, 4) is 0 Å². The second-order valence-corrected chi connectivity index (χ2v) is 7.25. The van der Waals surface area contributed by atoms with Gasteiger partial charge in [-0.3, -0.25) is 4.79 Å². The Morgan fingerprint density at radius 2 is 0.633 bits per heavy atom. The Kier molecular flexibility index (Phi) is 4.58. The maximum atomic E-state index is 14.8. The van der Waals surface area contributed by atoms with Gasteiger partial charge < -0.3 is 0 Å². The van der Waals surface area contributed by atoms with Gasteiger partial charge in [0.15, 0.2) is 0 Å². The summed E-state index contributed by atoms with van der Waals surface area (Å²) in [6.07, 6.45) is 0. The Morgan fingerprint density at radius 3 is 0.900 bits per heavy atom. The van der Waals surface area contributed by atoms with E-state index in [1.165, 1.54) is 0 Å². The third kappa shape index (κ3) is 1.72. The normalized spacial score (nSPS) is 44.1. The first-order chi connectivity index (χ1) is 12.7. The molecule has 19 heteroatoms. The molecule has 0 N–H and O–H groups in total. The Balaban J connectivity index is 3.34. The minimum Gasteiger partial charge on any atom is -0.284 e. The third-order valence-corrected chi connectivity index (χ3v) is 5.67. The zero-order valence-corrected chi connectivity index (χ0v) is 14.9. The first-order valence-electron chi connectivity index (χ1n) is 6.61. The molecule has 2 aliphatic carbocycles. The second-order valence-electron chi connectivity index (χ2n) is 6.27. The van der Waals surface area contributed by atoms with Crippen molar-refractivity contribution in [1.82, 2.24) is 0 Å². The van der Waals surface area contributed by atoms with Gasteiger partial charge in [-0.2, -0.15) is 61.5 Å². The van der Waals surface area contributed by atoms with E-state index in [-0.39, 0.29) is 0 Å². The number of alkyl halides is 17. The zero-order chi connectivity index (χ0) is 24.6. The van der Waals surface area contributed by atoms with Crippen molar-refractivity contribution in [3.63, 3.8) is 0 Å². The molecule has 1 nitrogen and oxygen atoms in total. The van der Waals surface area contributed by atoms with E-state index in [1.807, 2.05) is 0 Å². The van der Waals surface area contributed by atoms with E-state index in [9.17, 15) is 79.4 Å². The van der Waals surface area contributed by atoms with Crippen molar-refractivity contribution in [2.24, 2.45) is 0 Å². The summed E-state index contributed by atoms with van der Waals surface area (Å²) in [5.74, 6) is -57.5. The average molecular weight is 598 g/mol. The van der Waals surface area contributed by atoms with E-state index in [1.54, 1.807) is 0 Å². The maximum Gasteiger partial charge on any atom is 0.382 e. The molecule has 2 saturated carbocycles. The summed E-state index contributed by atoms with van der Waals surface area (Å²) >= 11 is -0.702. The van der Waals surface area contributed by atoms with E-state index in [2.05, 4.69) is 0 Å². The van der Waals surface area contributed by atoms with E-state index < -0.39 is 84.8 Å². The molecule has 0 saturated heterocycles. The number of carbonyl (C=O) groups is 1. The van der Waals surface area contributed by atoms with Gasteiger partial charge in [-0.25, -0.2) is 13.2 Å². The molecule has 30 heavy (non-hydrogen) atoms. The molecule has 3 unspecified atom stereocenters. The van der Waals surface area contributed by atoms with Crippen LogP contribution in [0.1, 0.15) is 0 Å². The maximum absolute atomic E-state index is 14.8. The smallest absolute Gasteiger partial charge is 0.284 e. The molecule has 0 aromatic carbocycles. The molecule has 2 aliphatic rings. The van der Waals surface area contributed by atoms with Gasteiger partial charge >= 0.3 is 41.5 Å². The van der Waals surface area contributed by atoms with E-state index in [4.69, 9.17) is 0 Å². The molecule has 0 aromatic heterocycles. The van der Waals surface area contributed by atoms with Crippen molar-refractivity contribution in [1.29, 1.82) is 0 Å². The molecule has 3 atom stereocenters. The molecule has 0 aromatic rings. The van der Waals surface area contributed by atoms with Crippen LogP contribution in [0, 0.1) is 0 Å². The van der Waals surface area contributed by atoms with Crippen LogP contribution < -0.4 is 0 Å². The van der Waals surface area contributed by atoms with Crippen LogP contribution in [-0.4, -0.2) is 62.3 Å². The molecule has 2 rings (SSSR count). The van der Waals surface area contributed by atoms with Gasteiger partial charge in [0.25, 0.3) is 17.0 Å². The molecule has 2 fully saturated rings. The highest BCUT2D eigenvalue weighted by atomic mass is 127. The van der Waals surface area contributed by atoms with E-state index in [0.29, 0.717) is 0 Å². The van der Waals surface area contributed by atoms with Crippen LogP contribution in [0.4, 0.5) is 74.6 Å². The van der Waals surface area contributed by atoms with Crippen LogP contribution in [0.5, 0.6) is 0 Å². The number of rotatable bonds is 1. The molecule has 0 heterocycles. The lowest BCUT2D eigenvalue weighted by Crippen LogP contribution is -2.99. The molecule has 0 radical (unpaired) electrons. The van der Waals surface area contributed by atoms with Crippen LogP contribution in [-0.2, 0) is 4.79 Å². The number of hydrogen-bond acceptors (Lipinski definition) is 1. The van der Waals surface area contributed by atoms with Crippen molar-refractivity contribution < 1.29 is 79.4 Å². The lowest BCUT2D eigenvalue weighted by atomic mass is 9.51. The molecule has 0 bridgehead atoms. The fourth-order valence-electron chi connectivity index (χ4n) is 3.23. The number of hydrogen-bond donors (Lipinski definition) is 0. The highest BCUT2D eigenvalue weighted by molar-refractivity contribution is 14.1. The van der Waals surface area contributed by atoms with Crippen LogP contribution in [0.2, 0.25) is 0 Å². The molecular weight excluding hydrogens is 598 g/mol. The SMILES string of the molecule is O=C(I)C1(F)C(F)(F)C(F)(F)C(F)(F)C2(F)C(F)(F)C(F)(F)C(F)(F)C(F)(F)C12F. The summed E-state index contributed by atoms with van der Waals surface area (Å²) in [6, 6.07) is 0. The fraction of sp³-hybridized carbons (Fsp3) is 0.909. The van der Waals surface area contributed by atoms with Gasteiger partial charge in [-0.05, 0) is 0 Å². The van der Waals surface area contributed by atoms with E-state index >= 15 is 0 Å². The van der Waals surface area contributed by atoms with Gasteiger partial charge in [0.2, 0.25) is 3.79 Å². The minimum absolute atomic E-state index is 0.702. The van der Waals surface area contributed by atoms with Crippen molar-refractivity contribution in [2.45, 2.75) is 58.5 Å². The summed E-state index contributed by atoms with van der Waals surface area (Å²) in [7, 11) is 0. The first kappa shape index (κ1) is 25.5. The van der Waals surface area contributed by atoms with Crippen molar-refractivity contribution >= 4 is 26.4 Å². The predicted octanol–water partition coefficient (Wildman–Crippen LogP) is 5.55. The zero-order valence-electron chi connectivity index (χ0n) is 12.7. The Bertz CT molecular complexity index is 796. The average Bonchev–Trinajstić information content (AvgIpc) is 2.55. The highest BCUT2D eigenvalue weighted by Gasteiger charge is 3.15. The van der Waals surface area contributed by atoms with Crippen molar-refractivity contribution in [3.05, 3.63) is 0 Å². The quantitative estimate of drug-likeness (QED) is 0.220. The standard InChI is InChI=1S/C11F17IO/c12-2(1(29)30)3(13)4(14,7(19,20)9(23,24)5(2,15)16)8(21,22)11(27,28)10(25,26)6(3,17)18. The number of fused-ring (bicyclic) bond motifs is 1. The summed E-state index contributed by atoms with van der Waals surface area (Å²) < 4.78 is 231. The molecule has 0 amide bonds. The van der Waals surface area contributed by atoms with Crippen LogP contribution in [0.3, 0.4) is 0 Å². The summed E-state index contributed by atoms with van der Waals surface area (Å²) in [4.78, 5) is 11.0. The lowest BCUT2D eigenvalue weighted by molar-refractivity contribution is -0.541. The largest absolute Gasteiger partial charge is 0.382 e. The van der Waals surface area contributed by atoms with Gasteiger partial charge in [0.05, 0.1) is 0 Å². The monoisotopic (exact) mass is 598 g/mol. The number of halogens is 18. The van der Waals surface area contributed by atoms with Crippen LogP contribution in [0.25, 0.3) is 0 Å². The van der Waals surface area contributed by atoms with E-state index in [0.717, 1.165) is 0 Å². The van der Waals surface area contributed by atoms with Crippen LogP contribution in [0.15, 0.2) is 0 Å². The second kappa shape index (κ2) is 5.40. The molecular formula is C11F17IO. The topological polar surface area (TPSA) is 17.1 Å². The molecule has 0 aliphatic heterocycles. The van der Waals surface area contributed by atoms with Gasteiger partial charge in [-0.1, -0.05) is 0 Å². The van der Waals surface area contributed by atoms with Crippen molar-refractivity contribution in [2.75, 3.05) is 0 Å². The summed E-state index contributed by atoms with van der Waals surface area (Å²) in [5.41, 5.74) is -24.5. The fourth-order valence-corrected chi connectivity index (χ4v) is 3.94. The number of carbonyl (C=O) groups excluding carboxylic acids is 1. The van der Waals surface area contributed by atoms with Crippen LogP contribution >= 0.6 is 22.6 Å². The van der Waals surface area contributed by atoms with Gasteiger partial charge in [0.1, 0.15) is 0 Å². The minimum atomic E-state index is -8.51. The first-order valence-corrected chi connectivity index (χ1v) is 7.68. The molecule has 176 valence electrons. The van der Waals surface area contributed by atoms with Gasteiger partial charge in [-0.15, -0.1) is 0 Å². The third-order valence-electron chi connectivity index (χ3n) is 4.92.